The third-order valence-corrected chi connectivity index (χ3v) is 5.64. The van der Waals surface area contributed by atoms with Crippen molar-refractivity contribution in [3.63, 3.8) is 0 Å². The summed E-state index contributed by atoms with van der Waals surface area (Å²) < 4.78 is 4.89. The Morgan fingerprint density at radius 3 is 2.04 bits per heavy atom. The van der Waals surface area contributed by atoms with Gasteiger partial charge in [-0.3, -0.25) is 9.59 Å². The second kappa shape index (κ2) is 6.83. The molecule has 0 spiro atoms. The van der Waals surface area contributed by atoms with Gasteiger partial charge in [-0.15, -0.1) is 0 Å². The summed E-state index contributed by atoms with van der Waals surface area (Å²) in [5.74, 6) is -0.357. The van der Waals surface area contributed by atoms with Gasteiger partial charge >= 0.3 is 5.97 Å². The van der Waals surface area contributed by atoms with Crippen LogP contribution in [0.4, 0.5) is 0 Å². The molecular weight excluding hydrogens is 312 g/mol. The SMILES string of the molecule is COC(=O)C[C@]1(C)C(=O)[C@@H](C)[C@H](c2ccccc2)[C@H]1c1ccccc1. The number of rotatable bonds is 4. The van der Waals surface area contributed by atoms with Crippen molar-refractivity contribution in [2.75, 3.05) is 7.11 Å². The van der Waals surface area contributed by atoms with E-state index in [0.717, 1.165) is 11.1 Å². The van der Waals surface area contributed by atoms with E-state index in [9.17, 15) is 9.59 Å². The molecule has 1 aliphatic carbocycles. The van der Waals surface area contributed by atoms with Crippen LogP contribution in [0.2, 0.25) is 0 Å². The highest BCUT2D eigenvalue weighted by Gasteiger charge is 2.57. The molecule has 0 heterocycles. The number of Topliss-reactive ketones (excluding diaryl/α,β-unsaturated/α-hetero) is 1. The number of hydrogen-bond donors (Lipinski definition) is 0. The van der Waals surface area contributed by atoms with Crippen LogP contribution in [-0.4, -0.2) is 18.9 Å². The van der Waals surface area contributed by atoms with Gasteiger partial charge in [0.15, 0.2) is 0 Å². The van der Waals surface area contributed by atoms with Crippen LogP contribution in [0.3, 0.4) is 0 Å². The van der Waals surface area contributed by atoms with E-state index in [1.807, 2.05) is 50.2 Å². The lowest BCUT2D eigenvalue weighted by molar-refractivity contribution is -0.146. The molecule has 1 fully saturated rings. The lowest BCUT2D eigenvalue weighted by Crippen LogP contribution is -2.32. The number of carbonyl (C=O) groups excluding carboxylic acids is 2. The zero-order valence-corrected chi connectivity index (χ0v) is 14.9. The molecular formula is C22H24O3. The van der Waals surface area contributed by atoms with Gasteiger partial charge in [0.2, 0.25) is 0 Å². The van der Waals surface area contributed by atoms with E-state index in [-0.39, 0.29) is 35.9 Å². The Labute approximate surface area is 149 Å². The molecule has 2 aromatic carbocycles. The second-order valence-corrected chi connectivity index (χ2v) is 7.15. The fourth-order valence-corrected chi connectivity index (χ4v) is 4.48. The summed E-state index contributed by atoms with van der Waals surface area (Å²) in [5, 5.41) is 0. The Morgan fingerprint density at radius 2 is 1.52 bits per heavy atom. The Kier molecular flexibility index (Phi) is 4.76. The Hall–Kier alpha value is -2.42. The zero-order chi connectivity index (χ0) is 18.0. The molecule has 2 aromatic rings. The topological polar surface area (TPSA) is 43.4 Å². The third-order valence-electron chi connectivity index (χ3n) is 5.64. The minimum atomic E-state index is -0.769. The number of esters is 1. The molecule has 0 amide bonds. The van der Waals surface area contributed by atoms with E-state index in [1.54, 1.807) is 0 Å². The third kappa shape index (κ3) is 2.99. The fourth-order valence-electron chi connectivity index (χ4n) is 4.48. The summed E-state index contributed by atoms with van der Waals surface area (Å²) >= 11 is 0. The first kappa shape index (κ1) is 17.4. The molecule has 25 heavy (non-hydrogen) atoms. The molecule has 3 heteroatoms. The number of ether oxygens (including phenoxy) is 1. The number of benzene rings is 2. The normalized spacial score (nSPS) is 28.8. The van der Waals surface area contributed by atoms with E-state index >= 15 is 0 Å². The summed E-state index contributed by atoms with van der Waals surface area (Å²) in [5.41, 5.74) is 1.47. The predicted octanol–water partition coefficient (Wildman–Crippen LogP) is 4.34. The van der Waals surface area contributed by atoms with E-state index < -0.39 is 5.41 Å². The van der Waals surface area contributed by atoms with E-state index in [2.05, 4.69) is 24.3 Å². The molecule has 0 unspecified atom stereocenters. The van der Waals surface area contributed by atoms with Crippen LogP contribution >= 0.6 is 0 Å². The largest absolute Gasteiger partial charge is 0.469 e. The van der Waals surface area contributed by atoms with E-state index in [4.69, 9.17) is 4.74 Å². The van der Waals surface area contributed by atoms with Gasteiger partial charge in [-0.25, -0.2) is 0 Å². The minimum absolute atomic E-state index is 0.0470. The van der Waals surface area contributed by atoms with Crippen molar-refractivity contribution >= 4 is 11.8 Å². The number of ketones is 1. The molecule has 4 atom stereocenters. The molecule has 1 aliphatic rings. The van der Waals surface area contributed by atoms with Crippen LogP contribution in [0, 0.1) is 11.3 Å². The molecule has 3 rings (SSSR count). The van der Waals surface area contributed by atoms with Gasteiger partial charge < -0.3 is 4.74 Å². The van der Waals surface area contributed by atoms with Gasteiger partial charge in [0.05, 0.1) is 13.5 Å². The average molecular weight is 336 g/mol. The summed E-state index contributed by atoms with van der Waals surface area (Å²) in [6, 6.07) is 20.2. The standard InChI is InChI=1S/C22H24O3/c1-15-19(16-10-6-4-7-11-16)20(17-12-8-5-9-13-17)22(2,21(15)24)14-18(23)25-3/h4-13,15,19-20H,14H2,1-3H3/t15-,19+,20+,22-/m0/s1. The first-order valence-electron chi connectivity index (χ1n) is 8.70. The summed E-state index contributed by atoms with van der Waals surface area (Å²) in [4.78, 5) is 25.3. The highest BCUT2D eigenvalue weighted by atomic mass is 16.5. The van der Waals surface area contributed by atoms with Crippen LogP contribution < -0.4 is 0 Å². The summed E-state index contributed by atoms with van der Waals surface area (Å²) in [7, 11) is 1.38. The van der Waals surface area contributed by atoms with E-state index in [1.165, 1.54) is 7.11 Å². The van der Waals surface area contributed by atoms with Gasteiger partial charge in [0, 0.05) is 23.2 Å². The summed E-state index contributed by atoms with van der Waals surface area (Å²) in [6.45, 7) is 3.90. The highest BCUT2D eigenvalue weighted by molar-refractivity contribution is 5.94. The van der Waals surface area contributed by atoms with Crippen molar-refractivity contribution in [1.82, 2.24) is 0 Å². The van der Waals surface area contributed by atoms with Gasteiger partial charge in [0.25, 0.3) is 0 Å². The first-order valence-corrected chi connectivity index (χ1v) is 8.70. The van der Waals surface area contributed by atoms with Crippen molar-refractivity contribution in [2.45, 2.75) is 32.1 Å². The van der Waals surface area contributed by atoms with Gasteiger partial charge in [0.1, 0.15) is 5.78 Å². The smallest absolute Gasteiger partial charge is 0.306 e. The Balaban J connectivity index is 2.14. The number of methoxy groups -OCH3 is 1. The van der Waals surface area contributed by atoms with Crippen LogP contribution in [0.5, 0.6) is 0 Å². The lowest BCUT2D eigenvalue weighted by atomic mass is 9.69. The predicted molar refractivity (Wildman–Crippen MR) is 97.3 cm³/mol. The molecule has 3 nitrogen and oxygen atoms in total. The Morgan fingerprint density at radius 1 is 1.00 bits per heavy atom. The summed E-state index contributed by atoms with van der Waals surface area (Å²) in [6.07, 6.45) is 0.107. The van der Waals surface area contributed by atoms with Crippen molar-refractivity contribution in [2.24, 2.45) is 11.3 Å². The molecule has 0 N–H and O–H groups in total. The van der Waals surface area contributed by atoms with E-state index in [0.29, 0.717) is 0 Å². The van der Waals surface area contributed by atoms with Crippen molar-refractivity contribution in [3.05, 3.63) is 71.8 Å². The van der Waals surface area contributed by atoms with Crippen LogP contribution in [-0.2, 0) is 14.3 Å². The highest BCUT2D eigenvalue weighted by Crippen LogP contribution is 2.58. The molecule has 0 saturated heterocycles. The molecule has 0 radical (unpaired) electrons. The maximum Gasteiger partial charge on any atom is 0.306 e. The maximum absolute atomic E-state index is 13.2. The molecule has 0 bridgehead atoms. The first-order chi connectivity index (χ1) is 12.0. The number of carbonyl (C=O) groups is 2. The van der Waals surface area contributed by atoms with Crippen LogP contribution in [0.15, 0.2) is 60.7 Å². The molecule has 130 valence electrons. The minimum Gasteiger partial charge on any atom is -0.469 e. The Bertz CT molecular complexity index is 753. The van der Waals surface area contributed by atoms with Crippen molar-refractivity contribution in [1.29, 1.82) is 0 Å². The van der Waals surface area contributed by atoms with Crippen LogP contribution in [0.25, 0.3) is 0 Å². The monoisotopic (exact) mass is 336 g/mol. The van der Waals surface area contributed by atoms with Crippen molar-refractivity contribution in [3.8, 4) is 0 Å². The molecule has 0 aromatic heterocycles. The zero-order valence-electron chi connectivity index (χ0n) is 14.9. The molecule has 1 saturated carbocycles. The van der Waals surface area contributed by atoms with Gasteiger partial charge in [-0.1, -0.05) is 74.5 Å². The maximum atomic E-state index is 13.2. The average Bonchev–Trinajstić information content (AvgIpc) is 2.84. The van der Waals surface area contributed by atoms with Gasteiger partial charge in [-0.2, -0.15) is 0 Å². The second-order valence-electron chi connectivity index (χ2n) is 7.15. The molecule has 0 aliphatic heterocycles. The lowest BCUT2D eigenvalue weighted by Gasteiger charge is -2.32. The quantitative estimate of drug-likeness (QED) is 0.780. The van der Waals surface area contributed by atoms with Crippen molar-refractivity contribution < 1.29 is 14.3 Å². The van der Waals surface area contributed by atoms with Gasteiger partial charge in [-0.05, 0) is 11.1 Å². The number of hydrogen-bond acceptors (Lipinski definition) is 3. The van der Waals surface area contributed by atoms with Crippen LogP contribution in [0.1, 0.15) is 43.2 Å². The fraction of sp³-hybridized carbons (Fsp3) is 0.364.